The number of carbonyl (C=O) groups excluding carboxylic acids is 1. The highest BCUT2D eigenvalue weighted by atomic mass is 16.2. The predicted octanol–water partition coefficient (Wildman–Crippen LogP) is -1.05. The highest BCUT2D eigenvalue weighted by molar-refractivity contribution is 5.76. The minimum absolute atomic E-state index is 0.0347. The monoisotopic (exact) mass is 250 g/mol. The lowest BCUT2D eigenvalue weighted by Gasteiger charge is -2.18. The van der Waals surface area contributed by atoms with Gasteiger partial charge in [-0.3, -0.25) is 0 Å². The molecule has 2 N–H and O–H groups in total. The number of nitrogens with one attached hydrogen (secondary N) is 2. The van der Waals surface area contributed by atoms with Gasteiger partial charge in [0.25, 0.3) is 0 Å². The van der Waals surface area contributed by atoms with Gasteiger partial charge in [0.1, 0.15) is 0 Å². The van der Waals surface area contributed by atoms with E-state index >= 15 is 0 Å². The fourth-order valence-electron chi connectivity index (χ4n) is 1.76. The van der Waals surface area contributed by atoms with Crippen LogP contribution < -0.4 is 10.6 Å². The fraction of sp³-hybridized carbons (Fsp3) is 0.727. The van der Waals surface area contributed by atoms with Crippen LogP contribution in [0.25, 0.3) is 0 Å². The number of urea groups is 1. The van der Waals surface area contributed by atoms with Crippen LogP contribution >= 0.6 is 0 Å². The number of rotatable bonds is 8. The highest BCUT2D eigenvalue weighted by Crippen LogP contribution is 2.06. The van der Waals surface area contributed by atoms with Crippen molar-refractivity contribution in [2.75, 3.05) is 52.4 Å². The molecule has 1 fully saturated rings. The SMILES string of the molecule is N#CCNCCN1CCN(CCNCC#N)C1=O. The molecule has 0 unspecified atom stereocenters. The molecule has 1 rings (SSSR count). The molecule has 18 heavy (non-hydrogen) atoms. The number of hydrogen-bond acceptors (Lipinski definition) is 5. The summed E-state index contributed by atoms with van der Waals surface area (Å²) in [4.78, 5) is 15.4. The summed E-state index contributed by atoms with van der Waals surface area (Å²) in [6.07, 6.45) is 0. The second-order valence-corrected chi connectivity index (χ2v) is 3.93. The molecule has 0 aromatic carbocycles. The van der Waals surface area contributed by atoms with Gasteiger partial charge in [-0.25, -0.2) is 4.79 Å². The molecule has 0 aromatic heterocycles. The van der Waals surface area contributed by atoms with Gasteiger partial charge in [-0.15, -0.1) is 0 Å². The van der Waals surface area contributed by atoms with Crippen LogP contribution in [0, 0.1) is 22.7 Å². The Bertz CT molecular complexity index is 312. The van der Waals surface area contributed by atoms with Gasteiger partial charge in [-0.05, 0) is 0 Å². The van der Waals surface area contributed by atoms with Crippen molar-refractivity contribution in [1.82, 2.24) is 20.4 Å². The molecule has 7 nitrogen and oxygen atoms in total. The van der Waals surface area contributed by atoms with Crippen LogP contribution in [0.2, 0.25) is 0 Å². The molecular weight excluding hydrogens is 232 g/mol. The van der Waals surface area contributed by atoms with Gasteiger partial charge >= 0.3 is 6.03 Å². The zero-order valence-corrected chi connectivity index (χ0v) is 10.4. The minimum Gasteiger partial charge on any atom is -0.322 e. The largest absolute Gasteiger partial charge is 0.322 e. The van der Waals surface area contributed by atoms with Crippen LogP contribution in [0.5, 0.6) is 0 Å². The first-order valence-corrected chi connectivity index (χ1v) is 5.98. The van der Waals surface area contributed by atoms with Gasteiger partial charge in [-0.1, -0.05) is 0 Å². The Labute approximate surface area is 107 Å². The second-order valence-electron chi connectivity index (χ2n) is 3.93. The van der Waals surface area contributed by atoms with E-state index in [-0.39, 0.29) is 6.03 Å². The summed E-state index contributed by atoms with van der Waals surface area (Å²) in [5.74, 6) is 0. The van der Waals surface area contributed by atoms with Crippen LogP contribution in [0.3, 0.4) is 0 Å². The van der Waals surface area contributed by atoms with E-state index in [4.69, 9.17) is 10.5 Å². The Hall–Kier alpha value is -1.83. The van der Waals surface area contributed by atoms with Gasteiger partial charge in [0.15, 0.2) is 0 Å². The van der Waals surface area contributed by atoms with Crippen molar-refractivity contribution in [1.29, 1.82) is 10.5 Å². The van der Waals surface area contributed by atoms with Gasteiger partial charge in [0.2, 0.25) is 0 Å². The second kappa shape index (κ2) is 8.29. The van der Waals surface area contributed by atoms with Gasteiger partial charge in [0, 0.05) is 39.3 Å². The lowest BCUT2D eigenvalue weighted by Crippen LogP contribution is -2.38. The lowest BCUT2D eigenvalue weighted by atomic mass is 10.5. The molecular formula is C11H18N6O. The molecule has 0 aromatic rings. The van der Waals surface area contributed by atoms with Crippen LogP contribution in [0.15, 0.2) is 0 Å². The van der Waals surface area contributed by atoms with E-state index in [1.807, 2.05) is 12.1 Å². The number of carbonyl (C=O) groups is 1. The van der Waals surface area contributed by atoms with E-state index in [9.17, 15) is 4.79 Å². The maximum absolute atomic E-state index is 11.9. The third kappa shape index (κ3) is 4.58. The van der Waals surface area contributed by atoms with E-state index in [1.165, 1.54) is 0 Å². The lowest BCUT2D eigenvalue weighted by molar-refractivity contribution is 0.192. The normalized spacial score (nSPS) is 14.7. The van der Waals surface area contributed by atoms with E-state index in [1.54, 1.807) is 9.80 Å². The molecule has 7 heteroatoms. The molecule has 0 aliphatic carbocycles. The topological polar surface area (TPSA) is 95.2 Å². The van der Waals surface area contributed by atoms with Crippen LogP contribution in [-0.4, -0.2) is 68.2 Å². The first-order chi connectivity index (χ1) is 8.79. The Kier molecular flexibility index (Phi) is 6.55. The summed E-state index contributed by atoms with van der Waals surface area (Å²) in [5, 5.41) is 22.6. The van der Waals surface area contributed by atoms with Crippen LogP contribution in [0.4, 0.5) is 4.79 Å². The summed E-state index contributed by atoms with van der Waals surface area (Å²) in [6, 6.07) is 4.02. The Balaban J connectivity index is 2.17. The number of nitriles is 2. The Morgan fingerprint density at radius 1 is 1.00 bits per heavy atom. The van der Waals surface area contributed by atoms with E-state index in [2.05, 4.69) is 10.6 Å². The summed E-state index contributed by atoms with van der Waals surface area (Å²) < 4.78 is 0. The maximum atomic E-state index is 11.9. The van der Waals surface area contributed by atoms with Crippen LogP contribution in [0.1, 0.15) is 0 Å². The third-order valence-corrected chi connectivity index (χ3v) is 2.71. The molecule has 0 radical (unpaired) electrons. The van der Waals surface area contributed by atoms with Crippen molar-refractivity contribution >= 4 is 6.03 Å². The molecule has 0 saturated carbocycles. The first-order valence-electron chi connectivity index (χ1n) is 5.98. The molecule has 1 saturated heterocycles. The molecule has 98 valence electrons. The quantitative estimate of drug-likeness (QED) is 0.423. The average molecular weight is 250 g/mol. The smallest absolute Gasteiger partial charge is 0.320 e. The average Bonchev–Trinajstić information content (AvgIpc) is 2.72. The molecule has 1 aliphatic heterocycles. The maximum Gasteiger partial charge on any atom is 0.320 e. The minimum atomic E-state index is 0.0347. The predicted molar refractivity (Wildman–Crippen MR) is 65.5 cm³/mol. The molecule has 0 spiro atoms. The van der Waals surface area contributed by atoms with Gasteiger partial charge in [0.05, 0.1) is 25.2 Å². The zero-order valence-electron chi connectivity index (χ0n) is 10.4. The number of nitrogens with zero attached hydrogens (tertiary/aromatic N) is 4. The number of amides is 2. The summed E-state index contributed by atoms with van der Waals surface area (Å²) in [7, 11) is 0. The van der Waals surface area contributed by atoms with Crippen molar-refractivity contribution < 1.29 is 4.79 Å². The van der Waals surface area contributed by atoms with E-state index in [0.717, 1.165) is 13.1 Å². The van der Waals surface area contributed by atoms with Crippen molar-refractivity contribution in [3.05, 3.63) is 0 Å². The number of hydrogen-bond donors (Lipinski definition) is 2. The van der Waals surface area contributed by atoms with Gasteiger partial charge < -0.3 is 20.4 Å². The van der Waals surface area contributed by atoms with Crippen LogP contribution in [-0.2, 0) is 0 Å². The third-order valence-electron chi connectivity index (χ3n) is 2.71. The van der Waals surface area contributed by atoms with Crippen molar-refractivity contribution in [2.45, 2.75) is 0 Å². The first kappa shape index (κ1) is 14.2. The summed E-state index contributed by atoms with van der Waals surface area (Å²) in [5.41, 5.74) is 0. The highest BCUT2D eigenvalue weighted by Gasteiger charge is 2.26. The fourth-order valence-corrected chi connectivity index (χ4v) is 1.76. The molecule has 0 bridgehead atoms. The van der Waals surface area contributed by atoms with Crippen molar-refractivity contribution in [3.63, 3.8) is 0 Å². The zero-order chi connectivity index (χ0) is 13.2. The van der Waals surface area contributed by atoms with Gasteiger partial charge in [-0.2, -0.15) is 10.5 Å². The van der Waals surface area contributed by atoms with E-state index in [0.29, 0.717) is 39.3 Å². The summed E-state index contributed by atoms with van der Waals surface area (Å²) in [6.45, 7) is 4.61. The van der Waals surface area contributed by atoms with E-state index < -0.39 is 0 Å². The Morgan fingerprint density at radius 2 is 1.44 bits per heavy atom. The van der Waals surface area contributed by atoms with Crippen molar-refractivity contribution in [3.8, 4) is 12.1 Å². The summed E-state index contributed by atoms with van der Waals surface area (Å²) >= 11 is 0. The van der Waals surface area contributed by atoms with Crippen molar-refractivity contribution in [2.24, 2.45) is 0 Å². The standard InChI is InChI=1S/C11H18N6O/c12-1-3-14-5-7-16-9-10-17(11(16)18)8-6-15-4-2-13/h14-15H,3-10H2. The molecule has 2 amide bonds. The molecule has 1 aliphatic rings. The molecule has 0 atom stereocenters. The molecule has 1 heterocycles. The Morgan fingerprint density at radius 3 is 1.83 bits per heavy atom.